The Morgan fingerprint density at radius 1 is 1.40 bits per heavy atom. The minimum absolute atomic E-state index is 0.159. The number of hydrogen-bond acceptors (Lipinski definition) is 3. The van der Waals surface area contributed by atoms with E-state index in [0.717, 1.165) is 6.07 Å². The summed E-state index contributed by atoms with van der Waals surface area (Å²) in [5.41, 5.74) is -1.98. The average molecular weight is 218 g/mol. The third kappa shape index (κ3) is 2.30. The molecule has 0 aliphatic heterocycles. The standard InChI is InChI=1S/C8H5F3N2O2/c9-8(10,11)6-2-1-5(4-12)7(3-6)13(14)15/h1-4,12H. The summed E-state index contributed by atoms with van der Waals surface area (Å²) >= 11 is 0. The SMILES string of the molecule is N=Cc1ccc(C(F)(F)F)cc1[N+](=O)[O-]. The first kappa shape index (κ1) is 11.2. The number of benzene rings is 1. The predicted octanol–water partition coefficient (Wildman–Crippen LogP) is 2.61. The van der Waals surface area contributed by atoms with Gasteiger partial charge in [-0.05, 0) is 12.1 Å². The van der Waals surface area contributed by atoms with E-state index in [1.165, 1.54) is 0 Å². The van der Waals surface area contributed by atoms with Gasteiger partial charge in [0.15, 0.2) is 0 Å². The number of nitrogens with zero attached hydrogens (tertiary/aromatic N) is 1. The highest BCUT2D eigenvalue weighted by Crippen LogP contribution is 2.32. The fourth-order valence-corrected chi connectivity index (χ4v) is 1.00. The van der Waals surface area contributed by atoms with Crippen molar-refractivity contribution in [3.63, 3.8) is 0 Å². The van der Waals surface area contributed by atoms with Crippen molar-refractivity contribution in [1.82, 2.24) is 0 Å². The van der Waals surface area contributed by atoms with Crippen LogP contribution in [-0.2, 0) is 6.18 Å². The van der Waals surface area contributed by atoms with Gasteiger partial charge >= 0.3 is 6.18 Å². The number of hydrogen-bond donors (Lipinski definition) is 1. The number of nitro benzene ring substituents is 1. The topological polar surface area (TPSA) is 67.0 Å². The molecule has 0 saturated carbocycles. The summed E-state index contributed by atoms with van der Waals surface area (Å²) in [4.78, 5) is 9.45. The fourth-order valence-electron chi connectivity index (χ4n) is 1.00. The molecule has 0 spiro atoms. The van der Waals surface area contributed by atoms with Gasteiger partial charge in [0.25, 0.3) is 5.69 Å². The predicted molar refractivity (Wildman–Crippen MR) is 46.0 cm³/mol. The molecule has 1 aromatic rings. The van der Waals surface area contributed by atoms with Gasteiger partial charge in [0.1, 0.15) is 0 Å². The monoisotopic (exact) mass is 218 g/mol. The highest BCUT2D eigenvalue weighted by atomic mass is 19.4. The molecular formula is C8H5F3N2O2. The van der Waals surface area contributed by atoms with Crippen molar-refractivity contribution in [2.75, 3.05) is 0 Å². The van der Waals surface area contributed by atoms with Crippen LogP contribution in [0.1, 0.15) is 11.1 Å². The molecule has 0 fully saturated rings. The van der Waals surface area contributed by atoms with Crippen LogP contribution in [-0.4, -0.2) is 11.1 Å². The van der Waals surface area contributed by atoms with E-state index in [4.69, 9.17) is 5.41 Å². The summed E-state index contributed by atoms with van der Waals surface area (Å²) in [6.45, 7) is 0. The second kappa shape index (κ2) is 3.68. The van der Waals surface area contributed by atoms with Crippen molar-refractivity contribution in [1.29, 1.82) is 5.41 Å². The number of halogens is 3. The smallest absolute Gasteiger partial charge is 0.308 e. The van der Waals surface area contributed by atoms with Crippen LogP contribution in [0.4, 0.5) is 18.9 Å². The van der Waals surface area contributed by atoms with Crippen LogP contribution < -0.4 is 0 Å². The molecule has 0 amide bonds. The first-order chi connectivity index (χ1) is 6.86. The Hall–Kier alpha value is -1.92. The van der Waals surface area contributed by atoms with Gasteiger partial charge in [-0.3, -0.25) is 10.1 Å². The Balaban J connectivity index is 3.35. The van der Waals surface area contributed by atoms with Gasteiger partial charge in [0.05, 0.1) is 16.1 Å². The number of alkyl halides is 3. The van der Waals surface area contributed by atoms with Gasteiger partial charge in [-0.2, -0.15) is 13.2 Å². The number of nitrogens with one attached hydrogen (secondary N) is 1. The number of nitro groups is 1. The molecule has 0 aromatic heterocycles. The van der Waals surface area contributed by atoms with Crippen LogP contribution in [0, 0.1) is 15.5 Å². The van der Waals surface area contributed by atoms with Crippen LogP contribution in [0.2, 0.25) is 0 Å². The minimum atomic E-state index is -4.62. The third-order valence-electron chi connectivity index (χ3n) is 1.71. The van der Waals surface area contributed by atoms with Gasteiger partial charge in [-0.15, -0.1) is 0 Å². The zero-order valence-electron chi connectivity index (χ0n) is 7.21. The maximum Gasteiger partial charge on any atom is 0.416 e. The largest absolute Gasteiger partial charge is 0.416 e. The van der Waals surface area contributed by atoms with Crippen molar-refractivity contribution in [3.05, 3.63) is 39.4 Å². The molecule has 4 nitrogen and oxygen atoms in total. The lowest BCUT2D eigenvalue weighted by atomic mass is 10.1. The van der Waals surface area contributed by atoms with Crippen molar-refractivity contribution in [2.45, 2.75) is 6.18 Å². The van der Waals surface area contributed by atoms with Crippen molar-refractivity contribution < 1.29 is 18.1 Å². The maximum absolute atomic E-state index is 12.2. The lowest BCUT2D eigenvalue weighted by molar-refractivity contribution is -0.385. The van der Waals surface area contributed by atoms with Crippen molar-refractivity contribution in [2.24, 2.45) is 0 Å². The Morgan fingerprint density at radius 2 is 2.00 bits per heavy atom. The van der Waals surface area contributed by atoms with Crippen LogP contribution in [0.15, 0.2) is 18.2 Å². The van der Waals surface area contributed by atoms with Gasteiger partial charge in [-0.25, -0.2) is 0 Å². The third-order valence-corrected chi connectivity index (χ3v) is 1.71. The number of rotatable bonds is 2. The summed E-state index contributed by atoms with van der Waals surface area (Å²) in [5, 5.41) is 17.2. The second-order valence-corrected chi connectivity index (χ2v) is 2.67. The van der Waals surface area contributed by atoms with E-state index >= 15 is 0 Å². The van der Waals surface area contributed by atoms with E-state index in [1.807, 2.05) is 0 Å². The molecule has 0 saturated heterocycles. The molecule has 0 atom stereocenters. The van der Waals surface area contributed by atoms with Crippen LogP contribution in [0.25, 0.3) is 0 Å². The first-order valence-corrected chi connectivity index (χ1v) is 3.72. The van der Waals surface area contributed by atoms with Gasteiger partial charge < -0.3 is 5.41 Å². The molecule has 0 radical (unpaired) electrons. The van der Waals surface area contributed by atoms with Crippen molar-refractivity contribution >= 4 is 11.9 Å². The summed E-state index contributed by atoms with van der Waals surface area (Å²) in [7, 11) is 0. The molecule has 7 heteroatoms. The molecule has 80 valence electrons. The van der Waals surface area contributed by atoms with E-state index in [-0.39, 0.29) is 5.56 Å². The lowest BCUT2D eigenvalue weighted by Gasteiger charge is -2.06. The van der Waals surface area contributed by atoms with E-state index in [9.17, 15) is 23.3 Å². The molecule has 1 rings (SSSR count). The van der Waals surface area contributed by atoms with E-state index in [0.29, 0.717) is 18.3 Å². The maximum atomic E-state index is 12.2. The molecular weight excluding hydrogens is 213 g/mol. The molecule has 0 aliphatic rings. The lowest BCUT2D eigenvalue weighted by Crippen LogP contribution is -2.06. The molecule has 15 heavy (non-hydrogen) atoms. The summed E-state index contributed by atoms with van der Waals surface area (Å²) in [5.74, 6) is 0. The van der Waals surface area contributed by atoms with Crippen LogP contribution in [0.3, 0.4) is 0 Å². The zero-order valence-corrected chi connectivity index (χ0v) is 7.21. The molecule has 0 heterocycles. The average Bonchev–Trinajstić information content (AvgIpc) is 2.15. The van der Waals surface area contributed by atoms with Crippen LogP contribution in [0.5, 0.6) is 0 Å². The van der Waals surface area contributed by atoms with E-state index < -0.39 is 22.4 Å². The van der Waals surface area contributed by atoms with Gasteiger partial charge in [0.2, 0.25) is 0 Å². The van der Waals surface area contributed by atoms with Gasteiger partial charge in [0, 0.05) is 12.3 Å². The Bertz CT molecular complexity index is 415. The molecule has 0 unspecified atom stereocenters. The van der Waals surface area contributed by atoms with Gasteiger partial charge in [-0.1, -0.05) is 0 Å². The quantitative estimate of drug-likeness (QED) is 0.471. The van der Waals surface area contributed by atoms with Crippen molar-refractivity contribution in [3.8, 4) is 0 Å². The Kier molecular flexibility index (Phi) is 2.74. The first-order valence-electron chi connectivity index (χ1n) is 3.72. The zero-order chi connectivity index (χ0) is 11.6. The van der Waals surface area contributed by atoms with E-state index in [1.54, 1.807) is 0 Å². The van der Waals surface area contributed by atoms with E-state index in [2.05, 4.69) is 0 Å². The summed E-state index contributed by atoms with van der Waals surface area (Å²) < 4.78 is 36.6. The normalized spacial score (nSPS) is 11.1. The minimum Gasteiger partial charge on any atom is -0.308 e. The highest BCUT2D eigenvalue weighted by molar-refractivity contribution is 5.83. The molecule has 0 aliphatic carbocycles. The Morgan fingerprint density at radius 3 is 2.40 bits per heavy atom. The summed E-state index contributed by atoms with van der Waals surface area (Å²) in [6, 6.07) is 2.02. The summed E-state index contributed by atoms with van der Waals surface area (Å²) in [6.07, 6.45) is -3.98. The molecule has 1 N–H and O–H groups in total. The Labute approximate surface area is 82.0 Å². The van der Waals surface area contributed by atoms with Crippen LogP contribution >= 0.6 is 0 Å². The molecule has 0 bridgehead atoms. The fraction of sp³-hybridized carbons (Fsp3) is 0.125. The molecule has 1 aromatic carbocycles. The second-order valence-electron chi connectivity index (χ2n) is 2.67. The highest BCUT2D eigenvalue weighted by Gasteiger charge is 2.32.